The molecule has 122 valence electrons. The fourth-order valence-electron chi connectivity index (χ4n) is 4.74. The highest BCUT2D eigenvalue weighted by Crippen LogP contribution is 2.40. The predicted octanol–water partition coefficient (Wildman–Crippen LogP) is 6.95. The summed E-state index contributed by atoms with van der Waals surface area (Å²) in [5.74, 6) is 2.14. The predicted molar refractivity (Wildman–Crippen MR) is 91.8 cm³/mol. The molecule has 0 nitrogen and oxygen atoms in total. The van der Waals surface area contributed by atoms with E-state index >= 15 is 0 Å². The molecule has 2 aliphatic carbocycles. The Morgan fingerprint density at radius 2 is 1.64 bits per heavy atom. The summed E-state index contributed by atoms with van der Waals surface area (Å²) in [6.45, 7) is 2.29. The van der Waals surface area contributed by atoms with E-state index in [1.165, 1.54) is 76.2 Å². The minimum atomic E-state index is 0.0373. The van der Waals surface area contributed by atoms with Crippen LogP contribution in [0.2, 0.25) is 0 Å². The van der Waals surface area contributed by atoms with E-state index in [-0.39, 0.29) is 5.82 Å². The first-order valence-corrected chi connectivity index (χ1v) is 9.57. The second-order valence-electron chi connectivity index (χ2n) is 7.62. The smallest absolute Gasteiger partial charge is 0.126 e. The average molecular weight is 302 g/mol. The van der Waals surface area contributed by atoms with Crippen LogP contribution in [0.15, 0.2) is 18.2 Å². The molecule has 2 aliphatic rings. The topological polar surface area (TPSA) is 0 Å². The number of hydrogen-bond acceptors (Lipinski definition) is 0. The van der Waals surface area contributed by atoms with E-state index in [4.69, 9.17) is 0 Å². The summed E-state index contributed by atoms with van der Waals surface area (Å²) < 4.78 is 14.3. The molecule has 1 aromatic carbocycles. The molecule has 0 heterocycles. The third-order valence-corrected chi connectivity index (χ3v) is 6.08. The van der Waals surface area contributed by atoms with E-state index in [0.29, 0.717) is 11.8 Å². The van der Waals surface area contributed by atoms with Crippen molar-refractivity contribution in [2.45, 2.75) is 89.4 Å². The van der Waals surface area contributed by atoms with Gasteiger partial charge in [0.2, 0.25) is 0 Å². The van der Waals surface area contributed by atoms with Gasteiger partial charge in [-0.1, -0.05) is 51.2 Å². The molecule has 2 saturated carbocycles. The molecule has 0 unspecified atom stereocenters. The van der Waals surface area contributed by atoms with E-state index in [0.717, 1.165) is 11.5 Å². The largest absolute Gasteiger partial charge is 0.207 e. The van der Waals surface area contributed by atoms with Crippen molar-refractivity contribution in [3.63, 3.8) is 0 Å². The summed E-state index contributed by atoms with van der Waals surface area (Å²) in [7, 11) is 0. The van der Waals surface area contributed by atoms with Gasteiger partial charge in [-0.05, 0) is 73.5 Å². The maximum absolute atomic E-state index is 14.3. The maximum Gasteiger partial charge on any atom is 0.126 e. The Bertz CT molecular complexity index is 465. The van der Waals surface area contributed by atoms with Crippen LogP contribution in [-0.2, 0) is 0 Å². The van der Waals surface area contributed by atoms with Gasteiger partial charge >= 0.3 is 0 Å². The summed E-state index contributed by atoms with van der Waals surface area (Å²) in [4.78, 5) is 0. The van der Waals surface area contributed by atoms with E-state index in [1.54, 1.807) is 6.07 Å². The lowest BCUT2D eigenvalue weighted by molar-refractivity contribution is 0.308. The van der Waals surface area contributed by atoms with Gasteiger partial charge in [0.05, 0.1) is 0 Å². The average Bonchev–Trinajstić information content (AvgIpc) is 2.57. The second-order valence-corrected chi connectivity index (χ2v) is 7.62. The monoisotopic (exact) mass is 302 g/mol. The van der Waals surface area contributed by atoms with Gasteiger partial charge in [-0.2, -0.15) is 0 Å². The molecule has 0 radical (unpaired) electrons. The van der Waals surface area contributed by atoms with Gasteiger partial charge in [0.1, 0.15) is 5.82 Å². The van der Waals surface area contributed by atoms with Crippen LogP contribution in [0.3, 0.4) is 0 Å². The van der Waals surface area contributed by atoms with E-state index in [9.17, 15) is 4.39 Å². The fourth-order valence-corrected chi connectivity index (χ4v) is 4.74. The van der Waals surface area contributed by atoms with Crippen molar-refractivity contribution in [2.24, 2.45) is 5.92 Å². The number of rotatable bonds is 4. The molecule has 3 rings (SSSR count). The summed E-state index contributed by atoms with van der Waals surface area (Å²) in [6, 6.07) is 6.04. The molecule has 1 aromatic rings. The molecule has 0 aliphatic heterocycles. The SMILES string of the molecule is CCCC1CCC(c2ccc(F)c(C3CCCCC3)c2)CC1. The van der Waals surface area contributed by atoms with E-state index in [1.807, 2.05) is 0 Å². The van der Waals surface area contributed by atoms with Crippen LogP contribution in [0, 0.1) is 11.7 Å². The molecular weight excluding hydrogens is 271 g/mol. The Balaban J connectivity index is 1.69. The highest BCUT2D eigenvalue weighted by atomic mass is 19.1. The lowest BCUT2D eigenvalue weighted by Gasteiger charge is -2.30. The Morgan fingerprint density at radius 1 is 0.909 bits per heavy atom. The number of halogens is 1. The van der Waals surface area contributed by atoms with Crippen molar-refractivity contribution < 1.29 is 4.39 Å². The molecule has 0 saturated heterocycles. The van der Waals surface area contributed by atoms with Gasteiger partial charge in [0, 0.05) is 0 Å². The summed E-state index contributed by atoms with van der Waals surface area (Å²) in [5, 5.41) is 0. The zero-order valence-electron chi connectivity index (χ0n) is 14.1. The summed E-state index contributed by atoms with van der Waals surface area (Å²) in [6.07, 6.45) is 14.3. The summed E-state index contributed by atoms with van der Waals surface area (Å²) >= 11 is 0. The molecule has 1 heteroatoms. The van der Waals surface area contributed by atoms with Gasteiger partial charge < -0.3 is 0 Å². The van der Waals surface area contributed by atoms with Crippen molar-refractivity contribution in [2.75, 3.05) is 0 Å². The Morgan fingerprint density at radius 3 is 2.32 bits per heavy atom. The zero-order valence-corrected chi connectivity index (χ0v) is 14.1. The van der Waals surface area contributed by atoms with Crippen molar-refractivity contribution in [1.29, 1.82) is 0 Å². The third kappa shape index (κ3) is 3.73. The zero-order chi connectivity index (χ0) is 15.4. The molecule has 2 fully saturated rings. The lowest BCUT2D eigenvalue weighted by Crippen LogP contribution is -2.14. The van der Waals surface area contributed by atoms with Crippen molar-refractivity contribution >= 4 is 0 Å². The van der Waals surface area contributed by atoms with Crippen molar-refractivity contribution in [3.05, 3.63) is 35.1 Å². The maximum atomic E-state index is 14.3. The molecule has 0 bridgehead atoms. The highest BCUT2D eigenvalue weighted by molar-refractivity contribution is 5.31. The van der Waals surface area contributed by atoms with Crippen molar-refractivity contribution in [3.8, 4) is 0 Å². The summed E-state index contributed by atoms with van der Waals surface area (Å²) in [5.41, 5.74) is 2.44. The van der Waals surface area contributed by atoms with Gasteiger partial charge in [-0.15, -0.1) is 0 Å². The molecule has 0 amide bonds. The number of hydrogen-bond donors (Lipinski definition) is 0. The van der Waals surface area contributed by atoms with Crippen LogP contribution >= 0.6 is 0 Å². The minimum absolute atomic E-state index is 0.0373. The minimum Gasteiger partial charge on any atom is -0.207 e. The molecule has 0 aromatic heterocycles. The van der Waals surface area contributed by atoms with Crippen molar-refractivity contribution in [1.82, 2.24) is 0 Å². The number of benzene rings is 1. The van der Waals surface area contributed by atoms with Gasteiger partial charge in [0.15, 0.2) is 0 Å². The quantitative estimate of drug-likeness (QED) is 0.564. The standard InChI is InChI=1S/C21H31F/c1-2-6-16-9-11-17(12-10-16)19-13-14-21(22)20(15-19)18-7-4-3-5-8-18/h13-18H,2-12H2,1H3. The molecule has 0 spiro atoms. The lowest BCUT2D eigenvalue weighted by atomic mass is 9.76. The highest BCUT2D eigenvalue weighted by Gasteiger charge is 2.24. The molecular formula is C21H31F. The fraction of sp³-hybridized carbons (Fsp3) is 0.714. The Hall–Kier alpha value is -0.850. The van der Waals surface area contributed by atoms with Crippen LogP contribution in [0.4, 0.5) is 4.39 Å². The first-order valence-electron chi connectivity index (χ1n) is 9.57. The van der Waals surface area contributed by atoms with Gasteiger partial charge in [0.25, 0.3) is 0 Å². The first kappa shape index (κ1) is 16.0. The van der Waals surface area contributed by atoms with E-state index in [2.05, 4.69) is 19.1 Å². The van der Waals surface area contributed by atoms with Crippen LogP contribution in [0.1, 0.15) is 101 Å². The van der Waals surface area contributed by atoms with Crippen LogP contribution in [-0.4, -0.2) is 0 Å². The third-order valence-electron chi connectivity index (χ3n) is 6.08. The first-order chi connectivity index (χ1) is 10.8. The Labute approximate surface area is 135 Å². The van der Waals surface area contributed by atoms with E-state index < -0.39 is 0 Å². The van der Waals surface area contributed by atoms with Crippen LogP contribution < -0.4 is 0 Å². The molecule has 0 atom stereocenters. The van der Waals surface area contributed by atoms with Crippen LogP contribution in [0.25, 0.3) is 0 Å². The molecule has 22 heavy (non-hydrogen) atoms. The van der Waals surface area contributed by atoms with Gasteiger partial charge in [-0.3, -0.25) is 0 Å². The van der Waals surface area contributed by atoms with Gasteiger partial charge in [-0.25, -0.2) is 4.39 Å². The Kier molecular flexibility index (Phi) is 5.55. The van der Waals surface area contributed by atoms with Crippen LogP contribution in [0.5, 0.6) is 0 Å². The molecule has 0 N–H and O–H groups in total. The second kappa shape index (κ2) is 7.62. The normalized spacial score (nSPS) is 27.0.